The van der Waals surface area contributed by atoms with E-state index in [0.29, 0.717) is 22.7 Å². The Morgan fingerprint density at radius 2 is 1.90 bits per heavy atom. The molecule has 1 aromatic carbocycles. The van der Waals surface area contributed by atoms with Crippen molar-refractivity contribution in [3.05, 3.63) is 47.9 Å². The summed E-state index contributed by atoms with van der Waals surface area (Å²) >= 11 is 1.34. The first-order valence-electron chi connectivity index (χ1n) is 9.95. The summed E-state index contributed by atoms with van der Waals surface area (Å²) in [7, 11) is 0. The molecule has 0 aliphatic heterocycles. The van der Waals surface area contributed by atoms with E-state index >= 15 is 0 Å². The van der Waals surface area contributed by atoms with Crippen molar-refractivity contribution < 1.29 is 23.8 Å². The fourth-order valence-corrected chi connectivity index (χ4v) is 3.89. The van der Waals surface area contributed by atoms with Crippen LogP contribution in [-0.2, 0) is 20.9 Å². The topological polar surface area (TPSA) is 87.6 Å². The maximum Gasteiger partial charge on any atom is 0.343 e. The van der Waals surface area contributed by atoms with Crippen molar-refractivity contribution in [1.82, 2.24) is 9.97 Å². The molecule has 7 nitrogen and oxygen atoms in total. The number of hydrogen-bond donors (Lipinski definition) is 0. The highest BCUT2D eigenvalue weighted by Gasteiger charge is 2.22. The molecule has 0 fully saturated rings. The van der Waals surface area contributed by atoms with Gasteiger partial charge in [-0.25, -0.2) is 14.8 Å². The zero-order valence-electron chi connectivity index (χ0n) is 17.1. The summed E-state index contributed by atoms with van der Waals surface area (Å²) in [5.74, 6) is -0.432. The molecule has 158 valence electrons. The quantitative estimate of drug-likeness (QED) is 0.320. The molecule has 0 atom stereocenters. The Hall–Kier alpha value is -3.00. The van der Waals surface area contributed by atoms with Crippen LogP contribution in [0.1, 0.15) is 55.6 Å². The molecular weight excluding hydrogens is 404 g/mol. The van der Waals surface area contributed by atoms with Gasteiger partial charge in [-0.15, -0.1) is 0 Å². The van der Waals surface area contributed by atoms with Gasteiger partial charge in [-0.3, -0.25) is 4.79 Å². The molecule has 0 bridgehead atoms. The van der Waals surface area contributed by atoms with E-state index in [9.17, 15) is 9.59 Å². The lowest BCUT2D eigenvalue weighted by Crippen LogP contribution is -2.06. The molecule has 0 N–H and O–H groups in total. The second-order valence-corrected chi connectivity index (χ2v) is 7.56. The number of thiophene rings is 1. The second kappa shape index (κ2) is 10.7. The number of unbranched alkanes of at least 4 members (excludes halogenated alkanes) is 2. The molecule has 0 radical (unpaired) electrons. The standard InChI is InChI=1S/C22H24N2O5S/c1-3-5-6-11-19(25)28-13-15-12-18(24-14-23-15)29-22-20(21(26)27-4-2)16-9-7-8-10-17(16)30-22/h7-10,12,14H,3-6,11,13H2,1-2H3. The SMILES string of the molecule is CCCCCC(=O)OCc1cc(Oc2sc3ccccc3c2C(=O)OCC)ncn1. The number of rotatable bonds is 10. The zero-order chi connectivity index (χ0) is 21.3. The van der Waals surface area contributed by atoms with Crippen molar-refractivity contribution in [2.24, 2.45) is 0 Å². The summed E-state index contributed by atoms with van der Waals surface area (Å²) in [5, 5.41) is 1.17. The third-order valence-electron chi connectivity index (χ3n) is 4.30. The minimum atomic E-state index is -0.444. The van der Waals surface area contributed by atoms with Gasteiger partial charge in [-0.05, 0) is 19.4 Å². The Bertz CT molecular complexity index is 1020. The van der Waals surface area contributed by atoms with Crippen LogP contribution in [0.4, 0.5) is 0 Å². The molecule has 2 heterocycles. The lowest BCUT2D eigenvalue weighted by molar-refractivity contribution is -0.145. The molecule has 0 amide bonds. The monoisotopic (exact) mass is 428 g/mol. The predicted molar refractivity (Wildman–Crippen MR) is 114 cm³/mol. The minimum Gasteiger partial charge on any atom is -0.462 e. The number of hydrogen-bond acceptors (Lipinski definition) is 8. The molecule has 30 heavy (non-hydrogen) atoms. The van der Waals surface area contributed by atoms with Crippen molar-refractivity contribution in [2.45, 2.75) is 46.1 Å². The van der Waals surface area contributed by atoms with E-state index in [1.807, 2.05) is 24.3 Å². The van der Waals surface area contributed by atoms with Crippen molar-refractivity contribution >= 4 is 33.4 Å². The Balaban J connectivity index is 1.74. The summed E-state index contributed by atoms with van der Waals surface area (Å²) in [6, 6.07) is 9.13. The smallest absolute Gasteiger partial charge is 0.343 e. The number of benzene rings is 1. The number of carbonyl (C=O) groups excluding carboxylic acids is 2. The second-order valence-electron chi connectivity index (χ2n) is 6.55. The van der Waals surface area contributed by atoms with Crippen LogP contribution in [0.25, 0.3) is 10.1 Å². The first kappa shape index (κ1) is 21.7. The highest BCUT2D eigenvalue weighted by Crippen LogP contribution is 2.40. The molecule has 8 heteroatoms. The van der Waals surface area contributed by atoms with Gasteiger partial charge >= 0.3 is 11.9 Å². The fraction of sp³-hybridized carbons (Fsp3) is 0.364. The Kier molecular flexibility index (Phi) is 7.73. The van der Waals surface area contributed by atoms with E-state index in [-0.39, 0.29) is 25.1 Å². The number of fused-ring (bicyclic) bond motifs is 1. The molecule has 0 spiro atoms. The van der Waals surface area contributed by atoms with Crippen LogP contribution in [0.3, 0.4) is 0 Å². The van der Waals surface area contributed by atoms with Gasteiger partial charge in [0.1, 0.15) is 18.5 Å². The van der Waals surface area contributed by atoms with Crippen LogP contribution in [0.15, 0.2) is 36.7 Å². The van der Waals surface area contributed by atoms with Crippen LogP contribution in [0.2, 0.25) is 0 Å². The van der Waals surface area contributed by atoms with Crippen LogP contribution in [-0.4, -0.2) is 28.5 Å². The lowest BCUT2D eigenvalue weighted by atomic mass is 10.2. The van der Waals surface area contributed by atoms with E-state index in [2.05, 4.69) is 16.9 Å². The summed E-state index contributed by atoms with van der Waals surface area (Å²) in [4.78, 5) is 32.5. The van der Waals surface area contributed by atoms with E-state index in [4.69, 9.17) is 14.2 Å². The van der Waals surface area contributed by atoms with E-state index in [0.717, 1.165) is 29.3 Å². The van der Waals surface area contributed by atoms with Gasteiger partial charge in [-0.1, -0.05) is 49.3 Å². The number of carbonyl (C=O) groups is 2. The van der Waals surface area contributed by atoms with Crippen LogP contribution in [0.5, 0.6) is 10.9 Å². The Morgan fingerprint density at radius 3 is 2.70 bits per heavy atom. The summed E-state index contributed by atoms with van der Waals surface area (Å²) in [5.41, 5.74) is 0.891. The maximum atomic E-state index is 12.5. The molecule has 3 rings (SSSR count). The molecule has 0 unspecified atom stereocenters. The molecular formula is C22H24N2O5S. The summed E-state index contributed by atoms with van der Waals surface area (Å²) in [6.07, 6.45) is 4.60. The fourth-order valence-electron chi connectivity index (χ4n) is 2.84. The summed E-state index contributed by atoms with van der Waals surface area (Å²) < 4.78 is 17.3. The highest BCUT2D eigenvalue weighted by atomic mass is 32.1. The highest BCUT2D eigenvalue weighted by molar-refractivity contribution is 7.21. The van der Waals surface area contributed by atoms with Crippen molar-refractivity contribution in [3.63, 3.8) is 0 Å². The Labute approximate surface area is 179 Å². The Morgan fingerprint density at radius 1 is 1.07 bits per heavy atom. The summed E-state index contributed by atoms with van der Waals surface area (Å²) in [6.45, 7) is 4.15. The predicted octanol–water partition coefficient (Wildman–Crippen LogP) is 5.28. The number of nitrogens with zero attached hydrogens (tertiary/aromatic N) is 2. The number of aromatic nitrogens is 2. The van der Waals surface area contributed by atoms with Gasteiger partial charge in [0.05, 0.1) is 12.3 Å². The van der Waals surface area contributed by atoms with E-state index in [1.54, 1.807) is 13.0 Å². The first-order valence-corrected chi connectivity index (χ1v) is 10.8. The van der Waals surface area contributed by atoms with Crippen molar-refractivity contribution in [3.8, 4) is 10.9 Å². The van der Waals surface area contributed by atoms with Gasteiger partial charge in [0.25, 0.3) is 0 Å². The van der Waals surface area contributed by atoms with Gasteiger partial charge in [-0.2, -0.15) is 0 Å². The van der Waals surface area contributed by atoms with Gasteiger partial charge in [0.2, 0.25) is 5.88 Å². The number of ether oxygens (including phenoxy) is 3. The van der Waals surface area contributed by atoms with Gasteiger partial charge in [0.15, 0.2) is 5.06 Å². The largest absolute Gasteiger partial charge is 0.462 e. The molecule has 3 aromatic rings. The zero-order valence-corrected chi connectivity index (χ0v) is 17.9. The van der Waals surface area contributed by atoms with E-state index in [1.165, 1.54) is 17.7 Å². The normalized spacial score (nSPS) is 10.7. The lowest BCUT2D eigenvalue weighted by Gasteiger charge is -2.08. The number of esters is 2. The van der Waals surface area contributed by atoms with Crippen molar-refractivity contribution in [2.75, 3.05) is 6.61 Å². The first-order chi connectivity index (χ1) is 14.6. The maximum absolute atomic E-state index is 12.5. The molecule has 0 saturated carbocycles. The molecule has 0 saturated heterocycles. The van der Waals surface area contributed by atoms with Crippen LogP contribution >= 0.6 is 11.3 Å². The van der Waals surface area contributed by atoms with Crippen molar-refractivity contribution in [1.29, 1.82) is 0 Å². The third-order valence-corrected chi connectivity index (χ3v) is 5.35. The molecule has 0 aliphatic rings. The molecule has 0 aliphatic carbocycles. The van der Waals surface area contributed by atoms with Gasteiger partial charge < -0.3 is 14.2 Å². The van der Waals surface area contributed by atoms with E-state index < -0.39 is 5.97 Å². The third kappa shape index (κ3) is 5.54. The van der Waals surface area contributed by atoms with Crippen LogP contribution < -0.4 is 4.74 Å². The molecule has 2 aromatic heterocycles. The van der Waals surface area contributed by atoms with Gasteiger partial charge in [0, 0.05) is 22.6 Å². The average Bonchev–Trinajstić information content (AvgIpc) is 3.11. The average molecular weight is 429 g/mol. The minimum absolute atomic E-state index is 0.0426. The van der Waals surface area contributed by atoms with Crippen LogP contribution in [0, 0.1) is 0 Å².